The van der Waals surface area contributed by atoms with Gasteiger partial charge >= 0.3 is 0 Å². The summed E-state index contributed by atoms with van der Waals surface area (Å²) in [6.07, 6.45) is 1.61. The van der Waals surface area contributed by atoms with Gasteiger partial charge in [-0.1, -0.05) is 30.3 Å². The molecule has 96 valence electrons. The van der Waals surface area contributed by atoms with E-state index in [0.717, 1.165) is 16.8 Å². The molecule has 3 heteroatoms. The van der Waals surface area contributed by atoms with Crippen LogP contribution in [0.25, 0.3) is 22.6 Å². The SMILES string of the molecule is Cc1nc(-c2ccccc2)cc(-c2ccco2)c1C#N. The molecule has 0 fully saturated rings. The van der Waals surface area contributed by atoms with E-state index in [0.29, 0.717) is 17.0 Å². The van der Waals surface area contributed by atoms with E-state index in [2.05, 4.69) is 11.1 Å². The fourth-order valence-corrected chi connectivity index (χ4v) is 2.20. The number of aryl methyl sites for hydroxylation is 1. The molecular formula is C17H12N2O. The van der Waals surface area contributed by atoms with Crippen molar-refractivity contribution >= 4 is 0 Å². The van der Waals surface area contributed by atoms with E-state index in [4.69, 9.17) is 4.42 Å². The van der Waals surface area contributed by atoms with Gasteiger partial charge in [-0.25, -0.2) is 0 Å². The standard InChI is InChI=1S/C17H12N2O/c1-12-15(11-18)14(17-8-5-9-20-17)10-16(19-12)13-6-3-2-4-7-13/h2-10H,1H3. The molecule has 0 bridgehead atoms. The number of rotatable bonds is 2. The second-order valence-corrected chi connectivity index (χ2v) is 4.47. The number of hydrogen-bond donors (Lipinski definition) is 0. The van der Waals surface area contributed by atoms with Crippen LogP contribution in [0.3, 0.4) is 0 Å². The lowest BCUT2D eigenvalue weighted by Gasteiger charge is -2.08. The minimum absolute atomic E-state index is 0.555. The fraction of sp³-hybridized carbons (Fsp3) is 0.0588. The molecule has 0 atom stereocenters. The quantitative estimate of drug-likeness (QED) is 0.694. The van der Waals surface area contributed by atoms with Gasteiger partial charge in [0.15, 0.2) is 0 Å². The van der Waals surface area contributed by atoms with Crippen molar-refractivity contribution in [2.75, 3.05) is 0 Å². The van der Waals surface area contributed by atoms with Gasteiger partial charge in [0, 0.05) is 11.1 Å². The van der Waals surface area contributed by atoms with Gasteiger partial charge in [0.2, 0.25) is 0 Å². The van der Waals surface area contributed by atoms with Crippen molar-refractivity contribution in [1.82, 2.24) is 4.98 Å². The lowest BCUT2D eigenvalue weighted by Crippen LogP contribution is -1.95. The number of hydrogen-bond acceptors (Lipinski definition) is 3. The zero-order valence-electron chi connectivity index (χ0n) is 11.0. The Balaban J connectivity index is 2.24. The summed E-state index contributed by atoms with van der Waals surface area (Å²) in [7, 11) is 0. The van der Waals surface area contributed by atoms with Crippen LogP contribution in [0.1, 0.15) is 11.3 Å². The Hall–Kier alpha value is -2.86. The minimum atomic E-state index is 0.555. The molecule has 3 rings (SSSR count). The maximum Gasteiger partial charge on any atom is 0.135 e. The van der Waals surface area contributed by atoms with E-state index in [9.17, 15) is 5.26 Å². The summed E-state index contributed by atoms with van der Waals surface area (Å²) in [4.78, 5) is 4.52. The van der Waals surface area contributed by atoms with E-state index in [1.807, 2.05) is 55.5 Å². The highest BCUT2D eigenvalue weighted by Crippen LogP contribution is 2.29. The maximum atomic E-state index is 9.33. The number of nitriles is 1. The first-order valence-corrected chi connectivity index (χ1v) is 6.30. The molecule has 0 aliphatic carbocycles. The van der Waals surface area contributed by atoms with E-state index < -0.39 is 0 Å². The van der Waals surface area contributed by atoms with Crippen molar-refractivity contribution in [2.24, 2.45) is 0 Å². The molecule has 3 aromatic rings. The van der Waals surface area contributed by atoms with Crippen LogP contribution >= 0.6 is 0 Å². The average Bonchev–Trinajstić information content (AvgIpc) is 3.01. The van der Waals surface area contributed by atoms with Gasteiger partial charge in [-0.2, -0.15) is 5.26 Å². The number of furan rings is 1. The third-order valence-corrected chi connectivity index (χ3v) is 3.17. The maximum absolute atomic E-state index is 9.33. The van der Waals surface area contributed by atoms with Crippen LogP contribution in [0, 0.1) is 18.3 Å². The molecule has 3 nitrogen and oxygen atoms in total. The summed E-state index contributed by atoms with van der Waals surface area (Å²) in [6.45, 7) is 1.84. The van der Waals surface area contributed by atoms with Crippen molar-refractivity contribution in [3.63, 3.8) is 0 Å². The summed E-state index contributed by atoms with van der Waals surface area (Å²) in [5.74, 6) is 0.684. The van der Waals surface area contributed by atoms with Crippen LogP contribution in [-0.4, -0.2) is 4.98 Å². The molecule has 0 amide bonds. The van der Waals surface area contributed by atoms with E-state index in [1.165, 1.54) is 0 Å². The normalized spacial score (nSPS) is 10.2. The van der Waals surface area contributed by atoms with Crippen molar-refractivity contribution in [1.29, 1.82) is 5.26 Å². The van der Waals surface area contributed by atoms with Gasteiger partial charge in [-0.3, -0.25) is 4.98 Å². The Bertz CT molecular complexity index is 769. The molecule has 2 heterocycles. The molecule has 20 heavy (non-hydrogen) atoms. The monoisotopic (exact) mass is 260 g/mol. The van der Waals surface area contributed by atoms with Gasteiger partial charge in [-0.05, 0) is 25.1 Å². The number of pyridine rings is 1. The van der Waals surface area contributed by atoms with Gasteiger partial charge < -0.3 is 4.42 Å². The summed E-state index contributed by atoms with van der Waals surface area (Å²) >= 11 is 0. The summed E-state index contributed by atoms with van der Waals surface area (Å²) in [6, 6.07) is 17.7. The van der Waals surface area contributed by atoms with Crippen LogP contribution in [-0.2, 0) is 0 Å². The van der Waals surface area contributed by atoms with Crippen LogP contribution in [0.5, 0.6) is 0 Å². The van der Waals surface area contributed by atoms with E-state index in [-0.39, 0.29) is 0 Å². The van der Waals surface area contributed by atoms with Gasteiger partial charge in [-0.15, -0.1) is 0 Å². The lowest BCUT2D eigenvalue weighted by molar-refractivity contribution is 0.582. The highest BCUT2D eigenvalue weighted by Gasteiger charge is 2.14. The second kappa shape index (κ2) is 5.02. The molecule has 0 saturated heterocycles. The zero-order chi connectivity index (χ0) is 13.9. The molecule has 0 unspecified atom stereocenters. The molecule has 0 spiro atoms. The molecule has 2 aromatic heterocycles. The summed E-state index contributed by atoms with van der Waals surface area (Å²) < 4.78 is 5.43. The Labute approximate surface area is 117 Å². The first-order valence-electron chi connectivity index (χ1n) is 6.30. The second-order valence-electron chi connectivity index (χ2n) is 4.47. The Morgan fingerprint density at radius 3 is 2.55 bits per heavy atom. The molecule has 0 aliphatic heterocycles. The van der Waals surface area contributed by atoms with Crippen molar-refractivity contribution < 1.29 is 4.42 Å². The fourth-order valence-electron chi connectivity index (χ4n) is 2.20. The third-order valence-electron chi connectivity index (χ3n) is 3.17. The van der Waals surface area contributed by atoms with Crippen molar-refractivity contribution in [3.05, 3.63) is 66.1 Å². The van der Waals surface area contributed by atoms with Crippen LogP contribution in [0.15, 0.2) is 59.2 Å². The highest BCUT2D eigenvalue weighted by molar-refractivity contribution is 5.73. The first-order chi connectivity index (χ1) is 9.79. The lowest BCUT2D eigenvalue weighted by atomic mass is 10.0. The molecule has 1 aromatic carbocycles. The molecule has 0 radical (unpaired) electrons. The van der Waals surface area contributed by atoms with Gasteiger partial charge in [0.25, 0.3) is 0 Å². The number of aromatic nitrogens is 1. The summed E-state index contributed by atoms with van der Waals surface area (Å²) in [5, 5.41) is 9.33. The Morgan fingerprint density at radius 2 is 1.90 bits per heavy atom. The smallest absolute Gasteiger partial charge is 0.135 e. The van der Waals surface area contributed by atoms with E-state index >= 15 is 0 Å². The number of nitrogens with zero attached hydrogens (tertiary/aromatic N) is 2. The molecule has 0 aliphatic rings. The third kappa shape index (κ3) is 2.08. The first kappa shape index (κ1) is 12.2. The molecule has 0 saturated carbocycles. The zero-order valence-corrected chi connectivity index (χ0v) is 11.0. The minimum Gasteiger partial charge on any atom is -0.464 e. The molecule has 0 N–H and O–H groups in total. The van der Waals surface area contributed by atoms with Gasteiger partial charge in [0.05, 0.1) is 23.2 Å². The van der Waals surface area contributed by atoms with Crippen LogP contribution in [0.4, 0.5) is 0 Å². The van der Waals surface area contributed by atoms with Crippen LogP contribution in [0.2, 0.25) is 0 Å². The van der Waals surface area contributed by atoms with Gasteiger partial charge in [0.1, 0.15) is 11.8 Å². The highest BCUT2D eigenvalue weighted by atomic mass is 16.3. The summed E-state index contributed by atoms with van der Waals surface area (Å²) in [5.41, 5.74) is 3.91. The average molecular weight is 260 g/mol. The predicted octanol–water partition coefficient (Wildman–Crippen LogP) is 4.19. The van der Waals surface area contributed by atoms with Crippen molar-refractivity contribution in [2.45, 2.75) is 6.92 Å². The largest absolute Gasteiger partial charge is 0.464 e. The Kier molecular flexibility index (Phi) is 3.06. The Morgan fingerprint density at radius 1 is 1.10 bits per heavy atom. The predicted molar refractivity (Wildman–Crippen MR) is 76.8 cm³/mol. The topological polar surface area (TPSA) is 49.8 Å². The van der Waals surface area contributed by atoms with Crippen molar-refractivity contribution in [3.8, 4) is 28.7 Å². The van der Waals surface area contributed by atoms with Crippen LogP contribution < -0.4 is 0 Å². The molecular weight excluding hydrogens is 248 g/mol. The van der Waals surface area contributed by atoms with E-state index in [1.54, 1.807) is 6.26 Å². The number of benzene rings is 1.